The molecule has 0 saturated carbocycles. The second-order valence-corrected chi connectivity index (χ2v) is 2.97. The lowest BCUT2D eigenvalue weighted by Gasteiger charge is -2.09. The minimum atomic E-state index is -4.70. The molecule has 0 bridgehead atoms. The molecule has 3 nitrogen and oxygen atoms in total. The smallest absolute Gasteiger partial charge is 0.461 e. The van der Waals surface area contributed by atoms with Gasteiger partial charge in [-0.1, -0.05) is 12.1 Å². The van der Waals surface area contributed by atoms with Crippen LogP contribution in [0.2, 0.25) is 0 Å². The van der Waals surface area contributed by atoms with E-state index in [0.717, 1.165) is 12.1 Å². The zero-order valence-electron chi connectivity index (χ0n) is 8.38. The number of hydrogen-bond donors (Lipinski definition) is 0. The first-order valence-electron chi connectivity index (χ1n) is 4.35. The molecule has 0 aliphatic rings. The Bertz CT molecular complexity index is 357. The Morgan fingerprint density at radius 2 is 1.81 bits per heavy atom. The molecule has 1 rings (SSSR count). The Balaban J connectivity index is 2.57. The van der Waals surface area contributed by atoms with Gasteiger partial charge in [-0.3, -0.25) is 4.79 Å². The normalized spacial score (nSPS) is 11.0. The molecular formula is C10H9F3O3. The zero-order valence-corrected chi connectivity index (χ0v) is 8.38. The molecule has 0 unspecified atom stereocenters. The number of rotatable bonds is 3. The number of ether oxygens (including phenoxy) is 2. The van der Waals surface area contributed by atoms with Gasteiger partial charge in [-0.05, 0) is 17.7 Å². The first-order valence-corrected chi connectivity index (χ1v) is 4.35. The quantitative estimate of drug-likeness (QED) is 0.754. The highest BCUT2D eigenvalue weighted by molar-refractivity contribution is 5.65. The lowest BCUT2D eigenvalue weighted by Crippen LogP contribution is -2.17. The van der Waals surface area contributed by atoms with Gasteiger partial charge in [0.15, 0.2) is 0 Å². The molecule has 0 amide bonds. The second-order valence-electron chi connectivity index (χ2n) is 2.97. The van der Waals surface area contributed by atoms with Gasteiger partial charge in [0.2, 0.25) is 0 Å². The Kier molecular flexibility index (Phi) is 3.76. The largest absolute Gasteiger partial charge is 0.573 e. The van der Waals surface area contributed by atoms with Crippen molar-refractivity contribution in [2.24, 2.45) is 0 Å². The summed E-state index contributed by atoms with van der Waals surface area (Å²) in [5, 5.41) is 0. The van der Waals surface area contributed by atoms with E-state index in [-0.39, 0.29) is 12.4 Å². The maximum atomic E-state index is 11.8. The highest BCUT2D eigenvalue weighted by atomic mass is 19.4. The Hall–Kier alpha value is -1.72. The van der Waals surface area contributed by atoms with Crippen molar-refractivity contribution in [2.75, 3.05) is 0 Å². The second kappa shape index (κ2) is 4.87. The molecule has 16 heavy (non-hydrogen) atoms. The molecule has 1 aromatic rings. The summed E-state index contributed by atoms with van der Waals surface area (Å²) in [6.45, 7) is 1.28. The number of alkyl halides is 3. The van der Waals surface area contributed by atoms with E-state index in [0.29, 0.717) is 5.56 Å². The van der Waals surface area contributed by atoms with Crippen molar-refractivity contribution in [1.29, 1.82) is 0 Å². The summed E-state index contributed by atoms with van der Waals surface area (Å²) in [7, 11) is 0. The van der Waals surface area contributed by atoms with Crippen molar-refractivity contribution in [1.82, 2.24) is 0 Å². The maximum Gasteiger partial charge on any atom is 0.573 e. The fourth-order valence-corrected chi connectivity index (χ4v) is 0.972. The molecule has 0 N–H and O–H groups in total. The van der Waals surface area contributed by atoms with Gasteiger partial charge in [-0.15, -0.1) is 13.2 Å². The molecule has 0 aliphatic carbocycles. The number of carbonyl (C=O) groups excluding carboxylic acids is 1. The van der Waals surface area contributed by atoms with Gasteiger partial charge in [0, 0.05) is 6.92 Å². The average Bonchev–Trinajstić information content (AvgIpc) is 2.14. The molecule has 0 aromatic heterocycles. The third-order valence-electron chi connectivity index (χ3n) is 1.60. The van der Waals surface area contributed by atoms with Crippen LogP contribution >= 0.6 is 0 Å². The average molecular weight is 234 g/mol. The molecule has 0 spiro atoms. The van der Waals surface area contributed by atoms with Crippen LogP contribution in [0.4, 0.5) is 13.2 Å². The minimum absolute atomic E-state index is 0.0294. The van der Waals surface area contributed by atoms with Crippen LogP contribution in [0.3, 0.4) is 0 Å². The third kappa shape index (κ3) is 4.68. The van der Waals surface area contributed by atoms with Gasteiger partial charge < -0.3 is 9.47 Å². The molecule has 0 atom stereocenters. The van der Waals surface area contributed by atoms with E-state index in [1.165, 1.54) is 19.1 Å². The fraction of sp³-hybridized carbons (Fsp3) is 0.300. The molecule has 6 heteroatoms. The summed E-state index contributed by atoms with van der Waals surface area (Å²) < 4.78 is 43.8. The summed E-state index contributed by atoms with van der Waals surface area (Å²) in [6.07, 6.45) is -4.70. The number of esters is 1. The molecule has 0 saturated heterocycles. The lowest BCUT2D eigenvalue weighted by atomic mass is 10.2. The topological polar surface area (TPSA) is 35.5 Å². The summed E-state index contributed by atoms with van der Waals surface area (Å²) in [6, 6.07) is 5.10. The maximum absolute atomic E-state index is 11.8. The molecule has 0 radical (unpaired) electrons. The van der Waals surface area contributed by atoms with Crippen molar-refractivity contribution >= 4 is 5.97 Å². The Labute approximate surface area is 89.8 Å². The highest BCUT2D eigenvalue weighted by Gasteiger charge is 2.30. The minimum Gasteiger partial charge on any atom is -0.461 e. The van der Waals surface area contributed by atoms with Gasteiger partial charge in [-0.25, -0.2) is 0 Å². The number of benzene rings is 1. The van der Waals surface area contributed by atoms with E-state index in [1.54, 1.807) is 0 Å². The van der Waals surface area contributed by atoms with Crippen LogP contribution in [0.15, 0.2) is 24.3 Å². The SMILES string of the molecule is CC(=O)OCc1ccc(OC(F)(F)F)cc1. The standard InChI is InChI=1S/C10H9F3O3/c1-7(14)15-6-8-2-4-9(5-3-8)16-10(11,12)13/h2-5H,6H2,1H3. The van der Waals surface area contributed by atoms with Crippen molar-refractivity contribution in [3.63, 3.8) is 0 Å². The number of hydrogen-bond acceptors (Lipinski definition) is 3. The number of halogens is 3. The van der Waals surface area contributed by atoms with Gasteiger partial charge in [0.25, 0.3) is 0 Å². The monoisotopic (exact) mass is 234 g/mol. The summed E-state index contributed by atoms with van der Waals surface area (Å²) in [4.78, 5) is 10.5. The zero-order chi connectivity index (χ0) is 12.2. The molecule has 88 valence electrons. The van der Waals surface area contributed by atoms with E-state index in [2.05, 4.69) is 9.47 Å². The lowest BCUT2D eigenvalue weighted by molar-refractivity contribution is -0.274. The van der Waals surface area contributed by atoms with Crippen LogP contribution in [0.5, 0.6) is 5.75 Å². The highest BCUT2D eigenvalue weighted by Crippen LogP contribution is 2.22. The van der Waals surface area contributed by atoms with Gasteiger partial charge in [0.05, 0.1) is 0 Å². The summed E-state index contributed by atoms with van der Waals surface area (Å²) >= 11 is 0. The predicted octanol–water partition coefficient (Wildman–Crippen LogP) is 2.65. The van der Waals surface area contributed by atoms with Crippen LogP contribution in [0, 0.1) is 0 Å². The summed E-state index contributed by atoms with van der Waals surface area (Å²) in [5.41, 5.74) is 0.588. The van der Waals surface area contributed by atoms with E-state index in [1.807, 2.05) is 0 Å². The van der Waals surface area contributed by atoms with Crippen LogP contribution in [0.25, 0.3) is 0 Å². The Morgan fingerprint density at radius 3 is 2.25 bits per heavy atom. The first-order chi connectivity index (χ1) is 7.37. The molecule has 0 aliphatic heterocycles. The van der Waals surface area contributed by atoms with Gasteiger partial charge in [-0.2, -0.15) is 0 Å². The molecule has 0 fully saturated rings. The van der Waals surface area contributed by atoms with Crippen LogP contribution in [-0.2, 0) is 16.1 Å². The van der Waals surface area contributed by atoms with Crippen LogP contribution < -0.4 is 4.74 Å². The van der Waals surface area contributed by atoms with E-state index >= 15 is 0 Å². The summed E-state index contributed by atoms with van der Waals surface area (Å²) in [5.74, 6) is -0.755. The van der Waals surface area contributed by atoms with E-state index in [4.69, 9.17) is 0 Å². The van der Waals surface area contributed by atoms with Gasteiger partial charge >= 0.3 is 12.3 Å². The van der Waals surface area contributed by atoms with Crippen LogP contribution in [0.1, 0.15) is 12.5 Å². The Morgan fingerprint density at radius 1 is 1.25 bits per heavy atom. The molecule has 1 aromatic carbocycles. The van der Waals surface area contributed by atoms with Crippen LogP contribution in [-0.4, -0.2) is 12.3 Å². The first kappa shape index (κ1) is 12.4. The van der Waals surface area contributed by atoms with E-state index < -0.39 is 12.3 Å². The van der Waals surface area contributed by atoms with Crippen molar-refractivity contribution in [3.05, 3.63) is 29.8 Å². The predicted molar refractivity (Wildman–Crippen MR) is 48.6 cm³/mol. The third-order valence-corrected chi connectivity index (χ3v) is 1.60. The van der Waals surface area contributed by atoms with Gasteiger partial charge in [0.1, 0.15) is 12.4 Å². The van der Waals surface area contributed by atoms with Crippen molar-refractivity contribution < 1.29 is 27.4 Å². The van der Waals surface area contributed by atoms with Crippen molar-refractivity contribution in [3.8, 4) is 5.75 Å². The van der Waals surface area contributed by atoms with E-state index in [9.17, 15) is 18.0 Å². The number of carbonyl (C=O) groups is 1. The van der Waals surface area contributed by atoms with Crippen molar-refractivity contribution in [2.45, 2.75) is 19.9 Å². The molecule has 0 heterocycles. The fourth-order valence-electron chi connectivity index (χ4n) is 0.972. The molecular weight excluding hydrogens is 225 g/mol.